The van der Waals surface area contributed by atoms with E-state index in [1.54, 1.807) is 0 Å². The number of imidazole rings is 1. The van der Waals surface area contributed by atoms with Crippen molar-refractivity contribution in [3.05, 3.63) is 29.1 Å². The van der Waals surface area contributed by atoms with Crippen LogP contribution < -0.4 is 5.32 Å². The molecule has 0 saturated carbocycles. The number of nitrogens with one attached hydrogen (secondary N) is 2. The molecule has 140 valence electrons. The van der Waals surface area contributed by atoms with Gasteiger partial charge in [-0.15, -0.1) is 0 Å². The molecule has 2 saturated heterocycles. The van der Waals surface area contributed by atoms with E-state index in [0.717, 1.165) is 67.5 Å². The summed E-state index contributed by atoms with van der Waals surface area (Å²) in [6.45, 7) is 7.99. The van der Waals surface area contributed by atoms with Crippen molar-refractivity contribution >= 4 is 28.4 Å². The number of thiocarbonyl (C=S) groups is 1. The molecule has 3 heterocycles. The highest BCUT2D eigenvalue weighted by atomic mass is 32.1. The van der Waals surface area contributed by atoms with Gasteiger partial charge in [-0.3, -0.25) is 0 Å². The highest BCUT2D eigenvalue weighted by Crippen LogP contribution is 2.28. The molecule has 1 aromatic carbocycles. The first kappa shape index (κ1) is 17.7. The van der Waals surface area contributed by atoms with Crippen molar-refractivity contribution in [2.75, 3.05) is 26.2 Å². The number of aromatic nitrogens is 2. The molecule has 26 heavy (non-hydrogen) atoms. The molecular weight excluding hydrogens is 344 g/mol. The molecule has 2 aliphatic rings. The van der Waals surface area contributed by atoms with E-state index < -0.39 is 0 Å². The summed E-state index contributed by atoms with van der Waals surface area (Å²) in [7, 11) is 0. The predicted octanol–water partition coefficient (Wildman–Crippen LogP) is 3.41. The summed E-state index contributed by atoms with van der Waals surface area (Å²) in [5.41, 5.74) is 4.84. The molecule has 0 radical (unpaired) electrons. The molecule has 0 bridgehead atoms. The third kappa shape index (κ3) is 3.71. The molecule has 2 aromatic rings. The van der Waals surface area contributed by atoms with Gasteiger partial charge < -0.3 is 19.9 Å². The first-order chi connectivity index (χ1) is 12.6. The maximum atomic E-state index is 5.66. The van der Waals surface area contributed by atoms with Gasteiger partial charge in [0.1, 0.15) is 5.82 Å². The molecule has 2 N–H and O–H groups in total. The summed E-state index contributed by atoms with van der Waals surface area (Å²) in [6.07, 6.45) is 4.80. The molecule has 0 aliphatic carbocycles. The minimum absolute atomic E-state index is 0.327. The minimum atomic E-state index is 0.327. The summed E-state index contributed by atoms with van der Waals surface area (Å²) in [4.78, 5) is 10.7. The van der Waals surface area contributed by atoms with Crippen LogP contribution in [0.1, 0.15) is 48.6 Å². The van der Waals surface area contributed by atoms with Gasteiger partial charge in [0.25, 0.3) is 0 Å². The zero-order valence-corrected chi connectivity index (χ0v) is 16.5. The monoisotopic (exact) mass is 372 g/mol. The van der Waals surface area contributed by atoms with Crippen LogP contribution in [0.15, 0.2) is 12.1 Å². The number of ether oxygens (including phenoxy) is 1. The number of H-pyrrole nitrogens is 1. The Bertz CT molecular complexity index is 749. The van der Waals surface area contributed by atoms with Crippen LogP contribution in [0.25, 0.3) is 11.0 Å². The fourth-order valence-electron chi connectivity index (χ4n) is 3.96. The minimum Gasteiger partial charge on any atom is -0.376 e. The number of fused-ring (bicyclic) bond motifs is 1. The zero-order valence-electron chi connectivity index (χ0n) is 15.7. The molecule has 1 unspecified atom stereocenters. The second-order valence-electron chi connectivity index (χ2n) is 7.66. The maximum absolute atomic E-state index is 5.66. The fourth-order valence-corrected chi connectivity index (χ4v) is 4.22. The normalized spacial score (nSPS) is 21.5. The van der Waals surface area contributed by atoms with E-state index in [2.05, 4.69) is 41.2 Å². The van der Waals surface area contributed by atoms with Crippen LogP contribution in [0.2, 0.25) is 0 Å². The number of piperidine rings is 1. The topological polar surface area (TPSA) is 53.2 Å². The molecule has 2 aliphatic heterocycles. The van der Waals surface area contributed by atoms with Gasteiger partial charge in [-0.05, 0) is 75.0 Å². The highest BCUT2D eigenvalue weighted by molar-refractivity contribution is 7.80. The van der Waals surface area contributed by atoms with Gasteiger partial charge in [-0.2, -0.15) is 0 Å². The van der Waals surface area contributed by atoms with E-state index in [1.165, 1.54) is 17.5 Å². The lowest BCUT2D eigenvalue weighted by Gasteiger charge is -2.33. The number of benzene rings is 1. The molecule has 6 heteroatoms. The standard InChI is InChI=1S/C20H28N4OS/c1-13-10-17-18(11-14(13)2)23-19(22-17)15-5-7-24(8-6-15)20(26)21-12-16-4-3-9-25-16/h10-11,15-16H,3-9,12H2,1-2H3,(H,21,26)(H,22,23). The fraction of sp³-hybridized carbons (Fsp3) is 0.600. The van der Waals surface area contributed by atoms with E-state index in [0.29, 0.717) is 12.0 Å². The summed E-state index contributed by atoms with van der Waals surface area (Å²) in [6, 6.07) is 4.39. The van der Waals surface area contributed by atoms with Gasteiger partial charge >= 0.3 is 0 Å². The Hall–Kier alpha value is -1.66. The number of rotatable bonds is 3. The predicted molar refractivity (Wildman–Crippen MR) is 109 cm³/mol. The zero-order chi connectivity index (χ0) is 18.1. The SMILES string of the molecule is Cc1cc2nc(C3CCN(C(=S)NCC4CCCO4)CC3)[nH]c2cc1C. The molecule has 1 atom stereocenters. The van der Waals surface area contributed by atoms with Crippen molar-refractivity contribution in [1.29, 1.82) is 0 Å². The van der Waals surface area contributed by atoms with Gasteiger partial charge in [-0.25, -0.2) is 4.98 Å². The van der Waals surface area contributed by atoms with E-state index in [9.17, 15) is 0 Å². The van der Waals surface area contributed by atoms with Crippen molar-refractivity contribution in [1.82, 2.24) is 20.2 Å². The Morgan fingerprint density at radius 2 is 2.04 bits per heavy atom. The Balaban J connectivity index is 1.33. The van der Waals surface area contributed by atoms with Crippen LogP contribution in [0.3, 0.4) is 0 Å². The lowest BCUT2D eigenvalue weighted by atomic mass is 9.96. The molecule has 1 aromatic heterocycles. The summed E-state index contributed by atoms with van der Waals surface area (Å²) >= 11 is 5.58. The van der Waals surface area contributed by atoms with Crippen molar-refractivity contribution < 1.29 is 4.74 Å². The third-order valence-electron chi connectivity index (χ3n) is 5.79. The molecule has 0 spiro atoms. The average Bonchev–Trinajstić information content (AvgIpc) is 3.30. The van der Waals surface area contributed by atoms with Crippen molar-refractivity contribution in [2.45, 2.75) is 51.6 Å². The molecule has 0 amide bonds. The lowest BCUT2D eigenvalue weighted by Crippen LogP contribution is -2.45. The molecule has 4 rings (SSSR count). The van der Waals surface area contributed by atoms with E-state index >= 15 is 0 Å². The molecular formula is C20H28N4OS. The van der Waals surface area contributed by atoms with Crippen LogP contribution in [-0.2, 0) is 4.74 Å². The largest absolute Gasteiger partial charge is 0.376 e. The number of likely N-dealkylation sites (tertiary alicyclic amines) is 1. The van der Waals surface area contributed by atoms with Crippen LogP contribution in [0, 0.1) is 13.8 Å². The Kier molecular flexibility index (Phi) is 5.14. The maximum Gasteiger partial charge on any atom is 0.169 e. The summed E-state index contributed by atoms with van der Waals surface area (Å²) < 4.78 is 5.66. The number of nitrogens with zero attached hydrogens (tertiary/aromatic N) is 2. The second kappa shape index (κ2) is 7.53. The van der Waals surface area contributed by atoms with Crippen molar-refractivity contribution in [2.24, 2.45) is 0 Å². The van der Waals surface area contributed by atoms with Crippen molar-refractivity contribution in [3.63, 3.8) is 0 Å². The second-order valence-corrected chi connectivity index (χ2v) is 8.04. The molecule has 2 fully saturated rings. The van der Waals surface area contributed by atoms with Crippen LogP contribution >= 0.6 is 12.2 Å². The van der Waals surface area contributed by atoms with Crippen LogP contribution in [0.5, 0.6) is 0 Å². The quantitative estimate of drug-likeness (QED) is 0.809. The number of hydrogen-bond acceptors (Lipinski definition) is 3. The first-order valence-corrected chi connectivity index (χ1v) is 10.1. The average molecular weight is 373 g/mol. The Morgan fingerprint density at radius 3 is 2.77 bits per heavy atom. The van der Waals surface area contributed by atoms with E-state index in [1.807, 2.05) is 0 Å². The number of aryl methyl sites for hydroxylation is 2. The van der Waals surface area contributed by atoms with E-state index in [4.69, 9.17) is 21.9 Å². The van der Waals surface area contributed by atoms with Gasteiger partial charge in [0, 0.05) is 32.2 Å². The number of hydrogen-bond donors (Lipinski definition) is 2. The van der Waals surface area contributed by atoms with E-state index in [-0.39, 0.29) is 0 Å². The van der Waals surface area contributed by atoms with Crippen LogP contribution in [0.4, 0.5) is 0 Å². The van der Waals surface area contributed by atoms with Crippen molar-refractivity contribution in [3.8, 4) is 0 Å². The van der Waals surface area contributed by atoms with Gasteiger partial charge in [0.05, 0.1) is 17.1 Å². The Labute approximate surface area is 160 Å². The van der Waals surface area contributed by atoms with Gasteiger partial charge in [-0.1, -0.05) is 0 Å². The summed E-state index contributed by atoms with van der Waals surface area (Å²) in [5, 5.41) is 4.26. The molecule has 5 nitrogen and oxygen atoms in total. The highest BCUT2D eigenvalue weighted by Gasteiger charge is 2.25. The van der Waals surface area contributed by atoms with Gasteiger partial charge in [0.2, 0.25) is 0 Å². The lowest BCUT2D eigenvalue weighted by molar-refractivity contribution is 0.113. The first-order valence-electron chi connectivity index (χ1n) is 9.71. The smallest absolute Gasteiger partial charge is 0.169 e. The Morgan fingerprint density at radius 1 is 1.27 bits per heavy atom. The van der Waals surface area contributed by atoms with Gasteiger partial charge in [0.15, 0.2) is 5.11 Å². The van der Waals surface area contributed by atoms with Crippen LogP contribution in [-0.4, -0.2) is 52.3 Å². The third-order valence-corrected chi connectivity index (χ3v) is 6.19. The summed E-state index contributed by atoms with van der Waals surface area (Å²) in [5.74, 6) is 1.61. The number of aromatic amines is 1.